The van der Waals surface area contributed by atoms with Gasteiger partial charge in [0.1, 0.15) is 0 Å². The monoisotopic (exact) mass is 266 g/mol. The van der Waals surface area contributed by atoms with Crippen molar-refractivity contribution in [3.8, 4) is 0 Å². The zero-order chi connectivity index (χ0) is 13.2. The lowest BCUT2D eigenvalue weighted by Gasteiger charge is -2.36. The highest BCUT2D eigenvalue weighted by atomic mass is 16.4. The van der Waals surface area contributed by atoms with Gasteiger partial charge < -0.3 is 5.11 Å². The van der Waals surface area contributed by atoms with Crippen LogP contribution in [0.5, 0.6) is 0 Å². The molecule has 3 aliphatic rings. The molecule has 108 valence electrons. The summed E-state index contributed by atoms with van der Waals surface area (Å²) in [4.78, 5) is 16.0. The Bertz CT molecular complexity index is 334. The first-order valence-corrected chi connectivity index (χ1v) is 7.94. The second-order valence-electron chi connectivity index (χ2n) is 6.54. The Labute approximate surface area is 115 Å². The summed E-state index contributed by atoms with van der Waals surface area (Å²) >= 11 is 0. The molecule has 3 heterocycles. The van der Waals surface area contributed by atoms with Crippen molar-refractivity contribution in [1.82, 2.24) is 9.80 Å². The van der Waals surface area contributed by atoms with E-state index in [1.807, 2.05) is 0 Å². The van der Waals surface area contributed by atoms with Gasteiger partial charge in [-0.3, -0.25) is 14.6 Å². The summed E-state index contributed by atoms with van der Waals surface area (Å²) in [6, 6.07) is 1.56. The molecule has 4 nitrogen and oxygen atoms in total. The molecule has 0 bridgehead atoms. The van der Waals surface area contributed by atoms with Crippen LogP contribution in [0.15, 0.2) is 0 Å². The number of carboxylic acids is 1. The summed E-state index contributed by atoms with van der Waals surface area (Å²) in [5, 5.41) is 8.79. The van der Waals surface area contributed by atoms with Crippen molar-refractivity contribution < 1.29 is 9.90 Å². The Morgan fingerprint density at radius 2 is 1.79 bits per heavy atom. The van der Waals surface area contributed by atoms with E-state index in [1.165, 1.54) is 51.7 Å². The zero-order valence-corrected chi connectivity index (χ0v) is 11.8. The molecule has 0 amide bonds. The van der Waals surface area contributed by atoms with Gasteiger partial charge in [0.2, 0.25) is 0 Å². The van der Waals surface area contributed by atoms with Gasteiger partial charge >= 0.3 is 5.97 Å². The first-order chi connectivity index (χ1) is 9.24. The summed E-state index contributed by atoms with van der Waals surface area (Å²) in [5.74, 6) is -0.0217. The second-order valence-corrected chi connectivity index (χ2v) is 6.54. The first kappa shape index (κ1) is 13.4. The third-order valence-electron chi connectivity index (χ3n) is 5.37. The molecule has 0 aromatic rings. The summed E-state index contributed by atoms with van der Waals surface area (Å²) in [7, 11) is 0. The Kier molecular flexibility index (Phi) is 4.08. The molecule has 0 aliphatic carbocycles. The van der Waals surface area contributed by atoms with Crippen LogP contribution in [0.25, 0.3) is 0 Å². The average Bonchev–Trinajstić information content (AvgIpc) is 3.02. The maximum Gasteiger partial charge on any atom is 0.303 e. The Hall–Kier alpha value is -0.610. The van der Waals surface area contributed by atoms with E-state index in [2.05, 4.69) is 9.80 Å². The summed E-state index contributed by atoms with van der Waals surface area (Å²) in [6.45, 7) is 4.92. The summed E-state index contributed by atoms with van der Waals surface area (Å²) in [6.07, 6.45) is 7.90. The van der Waals surface area contributed by atoms with Crippen LogP contribution in [0.3, 0.4) is 0 Å². The van der Waals surface area contributed by atoms with Gasteiger partial charge in [-0.25, -0.2) is 0 Å². The van der Waals surface area contributed by atoms with E-state index in [0.717, 1.165) is 25.0 Å². The van der Waals surface area contributed by atoms with Gasteiger partial charge in [0.05, 0.1) is 0 Å². The zero-order valence-electron chi connectivity index (χ0n) is 11.8. The predicted octanol–water partition coefficient (Wildman–Crippen LogP) is 1.80. The number of carbonyl (C=O) groups is 1. The molecule has 0 aromatic heterocycles. The van der Waals surface area contributed by atoms with E-state index in [4.69, 9.17) is 5.11 Å². The topological polar surface area (TPSA) is 43.8 Å². The number of likely N-dealkylation sites (tertiary alicyclic amines) is 1. The van der Waals surface area contributed by atoms with Crippen molar-refractivity contribution >= 4 is 5.97 Å². The third-order valence-corrected chi connectivity index (χ3v) is 5.37. The second kappa shape index (κ2) is 5.80. The molecule has 3 rings (SSSR count). The van der Waals surface area contributed by atoms with Crippen LogP contribution in [-0.4, -0.2) is 59.1 Å². The number of hydrogen-bond donors (Lipinski definition) is 1. The van der Waals surface area contributed by atoms with Crippen molar-refractivity contribution in [3.05, 3.63) is 0 Å². The van der Waals surface area contributed by atoms with Gasteiger partial charge in [0.15, 0.2) is 0 Å². The third kappa shape index (κ3) is 2.95. The fraction of sp³-hybridized carbons (Fsp3) is 0.933. The van der Waals surface area contributed by atoms with Crippen LogP contribution < -0.4 is 0 Å². The lowest BCUT2D eigenvalue weighted by molar-refractivity contribution is -0.137. The first-order valence-electron chi connectivity index (χ1n) is 7.94. The normalized spacial score (nSPS) is 36.5. The van der Waals surface area contributed by atoms with Gasteiger partial charge in [0.25, 0.3) is 0 Å². The van der Waals surface area contributed by atoms with Crippen LogP contribution in [0.4, 0.5) is 0 Å². The minimum atomic E-state index is -0.641. The molecule has 0 radical (unpaired) electrons. The Morgan fingerprint density at radius 1 is 1.00 bits per heavy atom. The molecule has 3 saturated heterocycles. The minimum Gasteiger partial charge on any atom is -0.481 e. The van der Waals surface area contributed by atoms with Gasteiger partial charge in [-0.2, -0.15) is 0 Å². The molecule has 0 aromatic carbocycles. The van der Waals surface area contributed by atoms with Gasteiger partial charge in [-0.1, -0.05) is 6.42 Å². The molecule has 4 heteroatoms. The summed E-state index contributed by atoms with van der Waals surface area (Å²) < 4.78 is 0. The maximum atomic E-state index is 10.7. The molecular weight excluding hydrogens is 240 g/mol. The Morgan fingerprint density at radius 3 is 2.63 bits per heavy atom. The highest BCUT2D eigenvalue weighted by molar-refractivity contribution is 5.66. The van der Waals surface area contributed by atoms with E-state index in [9.17, 15) is 4.79 Å². The highest BCUT2D eigenvalue weighted by Crippen LogP contribution is 2.34. The van der Waals surface area contributed by atoms with Crippen molar-refractivity contribution in [3.63, 3.8) is 0 Å². The quantitative estimate of drug-likeness (QED) is 0.842. The van der Waals surface area contributed by atoms with Crippen LogP contribution in [0.1, 0.15) is 44.9 Å². The molecule has 0 saturated carbocycles. The van der Waals surface area contributed by atoms with Crippen molar-refractivity contribution in [2.45, 2.75) is 57.0 Å². The fourth-order valence-electron chi connectivity index (χ4n) is 4.37. The molecule has 19 heavy (non-hydrogen) atoms. The van der Waals surface area contributed by atoms with Crippen molar-refractivity contribution in [2.75, 3.05) is 26.2 Å². The molecule has 3 fully saturated rings. The smallest absolute Gasteiger partial charge is 0.303 e. The van der Waals surface area contributed by atoms with Gasteiger partial charge in [0, 0.05) is 31.6 Å². The number of rotatable bonds is 4. The maximum absolute atomic E-state index is 10.7. The van der Waals surface area contributed by atoms with E-state index in [-0.39, 0.29) is 0 Å². The lowest BCUT2D eigenvalue weighted by Crippen LogP contribution is -2.46. The molecule has 3 aliphatic heterocycles. The van der Waals surface area contributed by atoms with Gasteiger partial charge in [-0.05, 0) is 51.1 Å². The summed E-state index contributed by atoms with van der Waals surface area (Å²) in [5.41, 5.74) is 0. The largest absolute Gasteiger partial charge is 0.481 e. The molecule has 1 N–H and O–H groups in total. The molecule has 3 unspecified atom stereocenters. The van der Waals surface area contributed by atoms with E-state index < -0.39 is 5.97 Å². The Balaban J connectivity index is 1.52. The molecular formula is C15H26N2O2. The fourth-order valence-corrected chi connectivity index (χ4v) is 4.37. The SMILES string of the molecule is O=C(O)CCC1CCN(C2CCN3CCCCC23)C1. The van der Waals surface area contributed by atoms with E-state index in [0.29, 0.717) is 12.3 Å². The lowest BCUT2D eigenvalue weighted by atomic mass is 9.98. The van der Waals surface area contributed by atoms with Crippen LogP contribution in [0, 0.1) is 5.92 Å². The highest BCUT2D eigenvalue weighted by Gasteiger charge is 2.40. The number of piperidine rings is 1. The number of hydrogen-bond acceptors (Lipinski definition) is 3. The van der Waals surface area contributed by atoms with Crippen molar-refractivity contribution in [2.24, 2.45) is 5.92 Å². The van der Waals surface area contributed by atoms with Crippen LogP contribution >= 0.6 is 0 Å². The molecule has 3 atom stereocenters. The standard InChI is InChI=1S/C15H26N2O2/c18-15(19)5-4-12-6-9-17(11-12)14-7-10-16-8-2-1-3-13(14)16/h12-14H,1-11H2,(H,18,19). The van der Waals surface area contributed by atoms with E-state index in [1.54, 1.807) is 0 Å². The van der Waals surface area contributed by atoms with Crippen LogP contribution in [0.2, 0.25) is 0 Å². The van der Waals surface area contributed by atoms with Gasteiger partial charge in [-0.15, -0.1) is 0 Å². The number of nitrogens with zero attached hydrogens (tertiary/aromatic N) is 2. The van der Waals surface area contributed by atoms with Crippen molar-refractivity contribution in [1.29, 1.82) is 0 Å². The average molecular weight is 266 g/mol. The number of fused-ring (bicyclic) bond motifs is 1. The predicted molar refractivity (Wildman–Crippen MR) is 74.2 cm³/mol. The van der Waals surface area contributed by atoms with E-state index >= 15 is 0 Å². The van der Waals surface area contributed by atoms with Crippen LogP contribution in [-0.2, 0) is 4.79 Å². The molecule has 0 spiro atoms. The number of carboxylic acid groups (broad SMARTS) is 1. The minimum absolute atomic E-state index is 0.346. The number of aliphatic carboxylic acids is 1.